The Bertz CT molecular complexity index is 713. The summed E-state index contributed by atoms with van der Waals surface area (Å²) < 4.78 is 11.2. The van der Waals surface area contributed by atoms with E-state index in [9.17, 15) is 9.59 Å². The molecule has 0 radical (unpaired) electrons. The third kappa shape index (κ3) is 3.06. The zero-order valence-electron chi connectivity index (χ0n) is 16.5. The fourth-order valence-electron chi connectivity index (χ4n) is 5.49. The van der Waals surface area contributed by atoms with E-state index >= 15 is 0 Å². The molecule has 2 amide bonds. The van der Waals surface area contributed by atoms with E-state index in [0.717, 1.165) is 32.3 Å². The molecule has 6 nitrogen and oxygen atoms in total. The van der Waals surface area contributed by atoms with Gasteiger partial charge < -0.3 is 19.0 Å². The number of ether oxygens (including phenoxy) is 1. The number of carbonyl (C=O) groups excluding carboxylic acids is 2. The molecule has 5 rings (SSSR count). The van der Waals surface area contributed by atoms with Crippen LogP contribution in [0.15, 0.2) is 23.0 Å². The molecule has 4 aliphatic rings. The van der Waals surface area contributed by atoms with Crippen LogP contribution in [0.25, 0.3) is 0 Å². The van der Waals surface area contributed by atoms with Crippen molar-refractivity contribution in [1.82, 2.24) is 9.80 Å². The molecule has 152 valence electrons. The van der Waals surface area contributed by atoms with E-state index in [4.69, 9.17) is 9.15 Å². The van der Waals surface area contributed by atoms with E-state index in [0.29, 0.717) is 24.6 Å². The van der Waals surface area contributed by atoms with Gasteiger partial charge in [-0.1, -0.05) is 19.3 Å². The summed E-state index contributed by atoms with van der Waals surface area (Å²) in [6.07, 6.45) is 12.8. The number of β-lactam (4-membered cyclic amide) rings is 1. The van der Waals surface area contributed by atoms with Crippen LogP contribution in [0.4, 0.5) is 0 Å². The Morgan fingerprint density at radius 1 is 1.14 bits per heavy atom. The highest BCUT2D eigenvalue weighted by Crippen LogP contribution is 2.48. The summed E-state index contributed by atoms with van der Waals surface area (Å²) >= 11 is 0. The maximum Gasteiger partial charge on any atom is 0.257 e. The highest BCUT2D eigenvalue weighted by molar-refractivity contribution is 5.94. The van der Waals surface area contributed by atoms with Crippen LogP contribution in [-0.2, 0) is 9.53 Å². The van der Waals surface area contributed by atoms with Crippen molar-refractivity contribution in [2.75, 3.05) is 19.7 Å². The highest BCUT2D eigenvalue weighted by Gasteiger charge is 2.62. The number of rotatable bonds is 5. The lowest BCUT2D eigenvalue weighted by Crippen LogP contribution is -2.78. The third-order valence-electron chi connectivity index (χ3n) is 7.23. The molecule has 6 heteroatoms. The molecule has 28 heavy (non-hydrogen) atoms. The lowest BCUT2D eigenvalue weighted by Gasteiger charge is -2.62. The minimum atomic E-state index is -0.223. The minimum absolute atomic E-state index is 0.0279. The number of hydrogen-bond donors (Lipinski definition) is 0. The Morgan fingerprint density at radius 3 is 2.54 bits per heavy atom. The van der Waals surface area contributed by atoms with E-state index < -0.39 is 0 Å². The van der Waals surface area contributed by atoms with Crippen LogP contribution in [0.5, 0.6) is 0 Å². The average molecular weight is 386 g/mol. The number of furan rings is 1. The van der Waals surface area contributed by atoms with Gasteiger partial charge in [0.1, 0.15) is 6.26 Å². The zero-order valence-corrected chi connectivity index (χ0v) is 16.5. The summed E-state index contributed by atoms with van der Waals surface area (Å²) in [5, 5.41) is 0. The fraction of sp³-hybridized carbons (Fsp3) is 0.727. The Balaban J connectivity index is 1.25. The third-order valence-corrected chi connectivity index (χ3v) is 7.23. The van der Waals surface area contributed by atoms with Gasteiger partial charge in [-0.25, -0.2) is 0 Å². The van der Waals surface area contributed by atoms with Crippen LogP contribution in [0.3, 0.4) is 0 Å². The van der Waals surface area contributed by atoms with Crippen molar-refractivity contribution < 1.29 is 18.7 Å². The quantitative estimate of drug-likeness (QED) is 0.729. The second-order valence-electron chi connectivity index (χ2n) is 9.06. The van der Waals surface area contributed by atoms with E-state index in [1.54, 1.807) is 6.07 Å². The van der Waals surface area contributed by atoms with Gasteiger partial charge in [-0.15, -0.1) is 0 Å². The maximum absolute atomic E-state index is 13.1. The summed E-state index contributed by atoms with van der Waals surface area (Å²) in [5.41, 5.74) is 0.529. The van der Waals surface area contributed by atoms with Gasteiger partial charge in [0.15, 0.2) is 6.10 Å². The summed E-state index contributed by atoms with van der Waals surface area (Å²) in [6, 6.07) is 1.95. The Hall–Kier alpha value is -1.82. The number of amides is 2. The number of nitrogens with zero attached hydrogens (tertiary/aromatic N) is 2. The monoisotopic (exact) mass is 386 g/mol. The Kier molecular flexibility index (Phi) is 4.69. The second kappa shape index (κ2) is 7.21. The van der Waals surface area contributed by atoms with Crippen LogP contribution < -0.4 is 0 Å². The zero-order chi connectivity index (χ0) is 19.1. The number of likely N-dealkylation sites (tertiary alicyclic amines) is 2. The molecule has 4 fully saturated rings. The first-order chi connectivity index (χ1) is 13.7. The second-order valence-corrected chi connectivity index (χ2v) is 9.06. The van der Waals surface area contributed by atoms with Crippen molar-refractivity contribution in [3.05, 3.63) is 24.2 Å². The topological polar surface area (TPSA) is 63.0 Å². The Morgan fingerprint density at radius 2 is 1.89 bits per heavy atom. The van der Waals surface area contributed by atoms with Gasteiger partial charge in [0.2, 0.25) is 0 Å². The first-order valence-electron chi connectivity index (χ1n) is 11.0. The van der Waals surface area contributed by atoms with Gasteiger partial charge in [-0.05, 0) is 50.5 Å². The molecule has 1 aromatic heterocycles. The van der Waals surface area contributed by atoms with E-state index in [1.165, 1.54) is 44.6 Å². The summed E-state index contributed by atoms with van der Waals surface area (Å²) in [6.45, 7) is 2.15. The van der Waals surface area contributed by atoms with Gasteiger partial charge in [0.05, 0.1) is 24.0 Å². The maximum atomic E-state index is 13.1. The van der Waals surface area contributed by atoms with E-state index in [2.05, 4.69) is 4.90 Å². The number of hydrogen-bond acceptors (Lipinski definition) is 4. The minimum Gasteiger partial charge on any atom is -0.472 e. The molecular weight excluding hydrogens is 356 g/mol. The van der Waals surface area contributed by atoms with Crippen molar-refractivity contribution in [3.63, 3.8) is 0 Å². The van der Waals surface area contributed by atoms with Crippen LogP contribution in [0.1, 0.15) is 68.1 Å². The van der Waals surface area contributed by atoms with Gasteiger partial charge in [-0.2, -0.15) is 0 Å². The number of carbonyl (C=O) groups is 2. The molecule has 1 spiro atoms. The molecule has 0 aromatic carbocycles. The summed E-state index contributed by atoms with van der Waals surface area (Å²) in [7, 11) is 0. The fourth-order valence-corrected chi connectivity index (χ4v) is 5.49. The number of piperidine rings is 1. The molecule has 1 atom stereocenters. The van der Waals surface area contributed by atoms with Crippen molar-refractivity contribution in [2.24, 2.45) is 5.92 Å². The lowest BCUT2D eigenvalue weighted by atomic mass is 9.68. The Labute approximate surface area is 166 Å². The van der Waals surface area contributed by atoms with Gasteiger partial charge in [0.25, 0.3) is 11.8 Å². The van der Waals surface area contributed by atoms with Crippen LogP contribution in [0.2, 0.25) is 0 Å². The van der Waals surface area contributed by atoms with Crippen LogP contribution >= 0.6 is 0 Å². The van der Waals surface area contributed by atoms with Crippen molar-refractivity contribution in [1.29, 1.82) is 0 Å². The average Bonchev–Trinajstić information content (AvgIpc) is 3.39. The lowest BCUT2D eigenvalue weighted by molar-refractivity contribution is -0.211. The summed E-state index contributed by atoms with van der Waals surface area (Å²) in [4.78, 5) is 29.7. The molecule has 1 unspecified atom stereocenters. The molecule has 0 N–H and O–H groups in total. The smallest absolute Gasteiger partial charge is 0.257 e. The molecule has 0 bridgehead atoms. The largest absolute Gasteiger partial charge is 0.472 e. The van der Waals surface area contributed by atoms with Crippen molar-refractivity contribution in [3.8, 4) is 0 Å². The SMILES string of the molecule is O=C(c1ccoc1)N1CCC(N2C(=O)C(OCC3CC3)C23CCCCC3)CC1. The van der Waals surface area contributed by atoms with E-state index in [1.807, 2.05) is 4.90 Å². The van der Waals surface area contributed by atoms with Crippen LogP contribution in [0, 0.1) is 5.92 Å². The molecular formula is C22H30N2O4. The van der Waals surface area contributed by atoms with E-state index in [-0.39, 0.29) is 29.5 Å². The highest BCUT2D eigenvalue weighted by atomic mass is 16.5. The molecule has 2 aliphatic heterocycles. The standard InChI is InChI=1S/C22H30N2O4/c25-20(17-8-13-27-15-17)23-11-6-18(7-12-23)24-21(26)19(28-14-16-4-5-16)22(24)9-2-1-3-10-22/h8,13,15-16,18-19H,1-7,9-12,14H2. The summed E-state index contributed by atoms with van der Waals surface area (Å²) in [5.74, 6) is 0.905. The van der Waals surface area contributed by atoms with Gasteiger partial charge in [-0.3, -0.25) is 9.59 Å². The predicted molar refractivity (Wildman–Crippen MR) is 103 cm³/mol. The molecule has 2 aliphatic carbocycles. The molecule has 3 heterocycles. The molecule has 2 saturated carbocycles. The van der Waals surface area contributed by atoms with Crippen molar-refractivity contribution >= 4 is 11.8 Å². The van der Waals surface area contributed by atoms with Crippen molar-refractivity contribution in [2.45, 2.75) is 75.5 Å². The molecule has 1 aromatic rings. The van der Waals surface area contributed by atoms with Gasteiger partial charge >= 0.3 is 0 Å². The first-order valence-corrected chi connectivity index (χ1v) is 11.0. The first kappa shape index (κ1) is 18.2. The van der Waals surface area contributed by atoms with Gasteiger partial charge in [0, 0.05) is 19.1 Å². The molecule has 2 saturated heterocycles. The normalized spacial score (nSPS) is 27.9. The predicted octanol–water partition coefficient (Wildman–Crippen LogP) is 3.22. The van der Waals surface area contributed by atoms with Crippen LogP contribution in [-0.4, -0.2) is 59.0 Å².